The maximum atomic E-state index is 14.2. The molecule has 0 radical (unpaired) electrons. The zero-order chi connectivity index (χ0) is 20.3. The van der Waals surface area contributed by atoms with E-state index in [-0.39, 0.29) is 24.7 Å². The van der Waals surface area contributed by atoms with E-state index in [4.69, 9.17) is 0 Å². The molecule has 4 rings (SSSR count). The van der Waals surface area contributed by atoms with Crippen LogP contribution in [0.5, 0.6) is 0 Å². The third kappa shape index (κ3) is 4.42. The van der Waals surface area contributed by atoms with Crippen molar-refractivity contribution in [3.8, 4) is 0 Å². The average Bonchev–Trinajstić information content (AvgIpc) is 3.07. The number of carbonyl (C=O) groups is 2. The number of amides is 2. The Morgan fingerprint density at radius 2 is 1.66 bits per heavy atom. The lowest BCUT2D eigenvalue weighted by atomic mass is 9.75. The van der Waals surface area contributed by atoms with Gasteiger partial charge in [-0.15, -0.1) is 0 Å². The summed E-state index contributed by atoms with van der Waals surface area (Å²) in [6.45, 7) is 5.14. The molecule has 1 aromatic heterocycles. The number of nitrogens with zero attached hydrogens (tertiary/aromatic N) is 5. The number of likely N-dealkylation sites (tertiary alicyclic amines) is 1. The van der Waals surface area contributed by atoms with E-state index in [1.165, 1.54) is 4.90 Å². The molecule has 0 N–H and O–H groups in total. The molecule has 1 atom stereocenters. The van der Waals surface area contributed by atoms with E-state index in [0.29, 0.717) is 19.4 Å². The number of rotatable bonds is 6. The fourth-order valence-corrected chi connectivity index (χ4v) is 4.97. The van der Waals surface area contributed by atoms with E-state index in [2.05, 4.69) is 19.8 Å². The van der Waals surface area contributed by atoms with Crippen molar-refractivity contribution >= 4 is 17.8 Å². The molecule has 29 heavy (non-hydrogen) atoms. The van der Waals surface area contributed by atoms with Gasteiger partial charge in [0.2, 0.25) is 17.8 Å². The molecule has 1 spiro atoms. The molecule has 1 saturated carbocycles. The van der Waals surface area contributed by atoms with Crippen molar-refractivity contribution in [3.63, 3.8) is 0 Å². The molecule has 2 aliphatic heterocycles. The quantitative estimate of drug-likeness (QED) is 0.536. The van der Waals surface area contributed by atoms with Gasteiger partial charge in [0.15, 0.2) is 0 Å². The van der Waals surface area contributed by atoms with Crippen LogP contribution in [0, 0.1) is 5.41 Å². The Kier molecular flexibility index (Phi) is 6.08. The van der Waals surface area contributed by atoms with Crippen LogP contribution < -0.4 is 4.90 Å². The summed E-state index contributed by atoms with van der Waals surface area (Å²) in [5.74, 6) is 0.425. The van der Waals surface area contributed by atoms with Gasteiger partial charge in [-0.05, 0) is 44.7 Å². The smallest absolute Gasteiger partial charge is 0.229 e. The average molecular weight is 403 g/mol. The van der Waals surface area contributed by atoms with Crippen LogP contribution >= 0.6 is 0 Å². The van der Waals surface area contributed by atoms with Crippen LogP contribution in [0.1, 0.15) is 44.9 Å². The van der Waals surface area contributed by atoms with Crippen LogP contribution in [-0.2, 0) is 9.59 Å². The first-order valence-electron chi connectivity index (χ1n) is 10.8. The number of hydrogen-bond donors (Lipinski definition) is 0. The summed E-state index contributed by atoms with van der Waals surface area (Å²) >= 11 is 0. The Morgan fingerprint density at radius 1 is 1.00 bits per heavy atom. The summed E-state index contributed by atoms with van der Waals surface area (Å²) in [4.78, 5) is 39.6. The lowest BCUT2D eigenvalue weighted by molar-refractivity contribution is -0.155. The highest BCUT2D eigenvalue weighted by molar-refractivity contribution is 5.98. The maximum Gasteiger partial charge on any atom is 0.229 e. The molecule has 1 aliphatic carbocycles. The normalized spacial score (nSPS) is 25.2. The van der Waals surface area contributed by atoms with Crippen molar-refractivity contribution in [2.75, 3.05) is 44.2 Å². The molecule has 3 aliphatic rings. The zero-order valence-electron chi connectivity index (χ0n) is 16.9. The van der Waals surface area contributed by atoms with Crippen LogP contribution in [0.3, 0.4) is 0 Å². The zero-order valence-corrected chi connectivity index (χ0v) is 16.9. The molecule has 8 heteroatoms. The highest BCUT2D eigenvalue weighted by Crippen LogP contribution is 2.48. The highest BCUT2D eigenvalue weighted by Gasteiger charge is 2.51. The van der Waals surface area contributed by atoms with Crippen molar-refractivity contribution in [2.24, 2.45) is 5.41 Å². The molecule has 0 bridgehead atoms. The minimum atomic E-state index is -1.00. The van der Waals surface area contributed by atoms with Gasteiger partial charge in [-0.3, -0.25) is 19.4 Å². The third-order valence-electron chi connectivity index (χ3n) is 6.72. The van der Waals surface area contributed by atoms with E-state index >= 15 is 0 Å². The van der Waals surface area contributed by atoms with Crippen LogP contribution in [0.4, 0.5) is 10.3 Å². The Hall–Kier alpha value is -2.09. The van der Waals surface area contributed by atoms with Gasteiger partial charge in [0.25, 0.3) is 0 Å². The van der Waals surface area contributed by atoms with Gasteiger partial charge < -0.3 is 4.90 Å². The summed E-state index contributed by atoms with van der Waals surface area (Å²) < 4.78 is 14.2. The molecule has 2 amide bonds. The van der Waals surface area contributed by atoms with E-state index in [9.17, 15) is 14.0 Å². The molecule has 1 unspecified atom stereocenters. The second-order valence-electron chi connectivity index (χ2n) is 8.60. The number of alkyl halides is 1. The van der Waals surface area contributed by atoms with Crippen molar-refractivity contribution in [2.45, 2.75) is 51.1 Å². The van der Waals surface area contributed by atoms with Crippen molar-refractivity contribution in [1.29, 1.82) is 0 Å². The van der Waals surface area contributed by atoms with Crippen molar-refractivity contribution < 1.29 is 14.0 Å². The number of imide groups is 1. The Morgan fingerprint density at radius 3 is 2.28 bits per heavy atom. The summed E-state index contributed by atoms with van der Waals surface area (Å²) in [6.07, 6.45) is 6.60. The number of unbranched alkanes of at least 4 members (excludes halogenated alkanes) is 1. The fourth-order valence-electron chi connectivity index (χ4n) is 4.97. The number of hydrogen-bond acceptors (Lipinski definition) is 6. The first-order chi connectivity index (χ1) is 14.1. The van der Waals surface area contributed by atoms with Gasteiger partial charge in [0, 0.05) is 63.4 Å². The second-order valence-corrected chi connectivity index (χ2v) is 8.60. The SMILES string of the molecule is O=C1CC2(CCCC2[18F])CC(=O)N1CCCCN1CCN(c2ncccn2)CC1. The topological polar surface area (TPSA) is 69.6 Å². The maximum absolute atomic E-state index is 14.2. The summed E-state index contributed by atoms with van der Waals surface area (Å²) in [5.41, 5.74) is -0.702. The number of piperazine rings is 1. The molecule has 0 aromatic carbocycles. The molecule has 7 nitrogen and oxygen atoms in total. The number of anilines is 1. The largest absolute Gasteiger partial charge is 0.338 e. The lowest BCUT2D eigenvalue weighted by Crippen LogP contribution is -2.50. The van der Waals surface area contributed by atoms with E-state index in [1.54, 1.807) is 12.4 Å². The number of piperidine rings is 1. The summed E-state index contributed by atoms with van der Waals surface area (Å²) in [5, 5.41) is 0. The number of aromatic nitrogens is 2. The number of halogens is 1. The standard InChI is InChI=1S/C21H30FN5O2/c22-17-5-3-6-21(17)15-18(28)27(19(29)16-21)10-2-1-9-25-11-13-26(14-12-25)20-23-7-4-8-24-20/h4,7-8,17H,1-3,5-6,9-16H2/i22-1. The molecule has 158 valence electrons. The van der Waals surface area contributed by atoms with Gasteiger partial charge in [-0.1, -0.05) is 0 Å². The predicted octanol–water partition coefficient (Wildman–Crippen LogP) is 2.04. The Balaban J connectivity index is 1.17. The van der Waals surface area contributed by atoms with Gasteiger partial charge in [-0.2, -0.15) is 0 Å². The first-order valence-corrected chi connectivity index (χ1v) is 10.8. The Labute approximate surface area is 171 Å². The van der Waals surface area contributed by atoms with Crippen LogP contribution in [-0.4, -0.2) is 77.0 Å². The lowest BCUT2D eigenvalue weighted by Gasteiger charge is -2.38. The van der Waals surface area contributed by atoms with Gasteiger partial charge in [-0.25, -0.2) is 14.4 Å². The van der Waals surface area contributed by atoms with E-state index < -0.39 is 11.6 Å². The van der Waals surface area contributed by atoms with Crippen molar-refractivity contribution in [3.05, 3.63) is 18.5 Å². The van der Waals surface area contributed by atoms with E-state index in [1.807, 2.05) is 6.07 Å². The third-order valence-corrected chi connectivity index (χ3v) is 6.72. The molecule has 1 aromatic rings. The highest BCUT2D eigenvalue weighted by atomic mass is 18.2. The molecule has 3 heterocycles. The van der Waals surface area contributed by atoms with E-state index in [0.717, 1.165) is 57.9 Å². The van der Waals surface area contributed by atoms with Gasteiger partial charge in [0.05, 0.1) is 0 Å². The molecular formula is C21H30FN5O2. The van der Waals surface area contributed by atoms with Crippen LogP contribution in [0.2, 0.25) is 0 Å². The van der Waals surface area contributed by atoms with Crippen LogP contribution in [0.25, 0.3) is 0 Å². The fraction of sp³-hybridized carbons (Fsp3) is 0.714. The molecule has 2 saturated heterocycles. The molecular weight excluding hydrogens is 372 g/mol. The second kappa shape index (κ2) is 8.73. The Bertz CT molecular complexity index is 705. The first kappa shape index (κ1) is 20.2. The summed E-state index contributed by atoms with van der Waals surface area (Å²) in [7, 11) is 0. The van der Waals surface area contributed by atoms with Gasteiger partial charge >= 0.3 is 0 Å². The minimum Gasteiger partial charge on any atom is -0.338 e. The summed E-state index contributed by atoms with van der Waals surface area (Å²) in [6, 6.07) is 1.82. The monoisotopic (exact) mass is 402 g/mol. The minimum absolute atomic E-state index is 0.178. The molecule has 3 fully saturated rings. The van der Waals surface area contributed by atoms with Gasteiger partial charge in [0.1, 0.15) is 6.17 Å². The number of carbonyl (C=O) groups excluding carboxylic acids is 2. The van der Waals surface area contributed by atoms with Crippen LogP contribution in [0.15, 0.2) is 18.5 Å². The predicted molar refractivity (Wildman–Crippen MR) is 107 cm³/mol. The van der Waals surface area contributed by atoms with Crippen molar-refractivity contribution in [1.82, 2.24) is 19.8 Å².